The predicted octanol–water partition coefficient (Wildman–Crippen LogP) is 2.40. The van der Waals surface area contributed by atoms with Crippen LogP contribution in [0.15, 0.2) is 48.5 Å². The van der Waals surface area contributed by atoms with E-state index in [9.17, 15) is 9.59 Å². The van der Waals surface area contributed by atoms with Gasteiger partial charge in [-0.2, -0.15) is 0 Å². The van der Waals surface area contributed by atoms with Gasteiger partial charge < -0.3 is 20.7 Å². The predicted molar refractivity (Wildman–Crippen MR) is 97.0 cm³/mol. The number of rotatable bonds is 6. The quantitative estimate of drug-likeness (QED) is 0.846. The van der Waals surface area contributed by atoms with Crippen molar-refractivity contribution < 1.29 is 14.3 Å². The van der Waals surface area contributed by atoms with Crippen LogP contribution in [0.2, 0.25) is 0 Å². The highest BCUT2D eigenvalue weighted by Crippen LogP contribution is 2.29. The second-order valence-corrected chi connectivity index (χ2v) is 5.95. The van der Waals surface area contributed by atoms with Crippen molar-refractivity contribution in [2.45, 2.75) is 12.8 Å². The molecule has 0 atom stereocenters. The van der Waals surface area contributed by atoms with Crippen LogP contribution in [0.5, 0.6) is 5.75 Å². The minimum absolute atomic E-state index is 0.219. The van der Waals surface area contributed by atoms with Crippen LogP contribution in [0.1, 0.15) is 23.2 Å². The minimum atomic E-state index is -0.561. The van der Waals surface area contributed by atoms with E-state index in [1.165, 1.54) is 12.8 Å². The molecular weight excluding hydrogens is 318 g/mol. The third kappa shape index (κ3) is 4.29. The molecule has 6 heteroatoms. The summed E-state index contributed by atoms with van der Waals surface area (Å²) in [5.41, 5.74) is 7.35. The monoisotopic (exact) mass is 339 g/mol. The normalized spacial score (nSPS) is 13.5. The maximum absolute atomic E-state index is 12.6. The topological polar surface area (TPSA) is 84.7 Å². The summed E-state index contributed by atoms with van der Waals surface area (Å²) in [4.78, 5) is 25.7. The molecule has 2 aromatic rings. The number of anilines is 2. The number of nitrogens with two attached hydrogens (primary N) is 1. The fourth-order valence-electron chi connectivity index (χ4n) is 2.89. The number of primary amides is 1. The highest BCUT2D eigenvalue weighted by molar-refractivity contribution is 6.06. The molecular formula is C19H21N3O3. The van der Waals surface area contributed by atoms with Crippen LogP contribution in [0.25, 0.3) is 0 Å². The van der Waals surface area contributed by atoms with Crippen LogP contribution in [-0.4, -0.2) is 31.5 Å². The number of nitrogens with zero attached hydrogens (tertiary/aromatic N) is 1. The fraction of sp³-hybridized carbons (Fsp3) is 0.263. The van der Waals surface area contributed by atoms with Gasteiger partial charge in [0.1, 0.15) is 5.75 Å². The van der Waals surface area contributed by atoms with Gasteiger partial charge in [-0.05, 0) is 43.2 Å². The lowest BCUT2D eigenvalue weighted by molar-refractivity contribution is -0.119. The summed E-state index contributed by atoms with van der Waals surface area (Å²) in [6.07, 6.45) is 2.34. The number of carbonyl (C=O) groups excluding carboxylic acids is 2. The third-order valence-electron chi connectivity index (χ3n) is 4.08. The van der Waals surface area contributed by atoms with Gasteiger partial charge in [0, 0.05) is 18.7 Å². The summed E-state index contributed by atoms with van der Waals surface area (Å²) in [5.74, 6) is -0.357. The Morgan fingerprint density at radius 1 is 1.08 bits per heavy atom. The first-order valence-electron chi connectivity index (χ1n) is 8.30. The van der Waals surface area contributed by atoms with Gasteiger partial charge in [-0.25, -0.2) is 0 Å². The van der Waals surface area contributed by atoms with Gasteiger partial charge in [-0.15, -0.1) is 0 Å². The van der Waals surface area contributed by atoms with Crippen LogP contribution in [0.3, 0.4) is 0 Å². The number of carbonyl (C=O) groups is 2. The van der Waals surface area contributed by atoms with Crippen molar-refractivity contribution >= 4 is 23.2 Å². The second-order valence-electron chi connectivity index (χ2n) is 5.95. The number of para-hydroxylation sites is 2. The molecule has 1 heterocycles. The molecule has 2 aromatic carbocycles. The van der Waals surface area contributed by atoms with Crippen molar-refractivity contribution in [1.82, 2.24) is 0 Å². The first-order chi connectivity index (χ1) is 12.1. The largest absolute Gasteiger partial charge is 0.484 e. The standard InChI is InChI=1S/C19H21N3O3/c20-18(23)13-25-15-7-5-6-14(12-15)19(24)21-16-8-1-2-9-17(16)22-10-3-4-11-22/h1-2,5-9,12H,3-4,10-11,13H2,(H2,20,23)(H,21,24). The smallest absolute Gasteiger partial charge is 0.255 e. The van der Waals surface area contributed by atoms with Crippen molar-refractivity contribution in [3.8, 4) is 5.75 Å². The van der Waals surface area contributed by atoms with E-state index in [1.54, 1.807) is 24.3 Å². The molecule has 3 rings (SSSR count). The highest BCUT2D eigenvalue weighted by atomic mass is 16.5. The maximum atomic E-state index is 12.6. The minimum Gasteiger partial charge on any atom is -0.484 e. The third-order valence-corrected chi connectivity index (χ3v) is 4.08. The summed E-state index contributed by atoms with van der Waals surface area (Å²) in [6.45, 7) is 1.79. The van der Waals surface area contributed by atoms with E-state index in [2.05, 4.69) is 10.2 Å². The lowest BCUT2D eigenvalue weighted by atomic mass is 10.2. The molecule has 0 unspecified atom stereocenters. The Hall–Kier alpha value is -3.02. The Bertz CT molecular complexity index is 770. The van der Waals surface area contributed by atoms with E-state index < -0.39 is 5.91 Å². The molecule has 6 nitrogen and oxygen atoms in total. The molecule has 3 N–H and O–H groups in total. The van der Waals surface area contributed by atoms with E-state index in [0.717, 1.165) is 24.5 Å². The zero-order chi connectivity index (χ0) is 17.6. The zero-order valence-corrected chi connectivity index (χ0v) is 13.9. The average Bonchev–Trinajstić information content (AvgIpc) is 3.15. The fourth-order valence-corrected chi connectivity index (χ4v) is 2.89. The number of nitrogens with one attached hydrogen (secondary N) is 1. The molecule has 1 fully saturated rings. The molecule has 25 heavy (non-hydrogen) atoms. The van der Waals surface area contributed by atoms with Gasteiger partial charge in [-0.1, -0.05) is 18.2 Å². The first-order valence-corrected chi connectivity index (χ1v) is 8.30. The van der Waals surface area contributed by atoms with Crippen LogP contribution in [0, 0.1) is 0 Å². The van der Waals surface area contributed by atoms with Gasteiger partial charge in [0.15, 0.2) is 6.61 Å². The molecule has 1 aliphatic heterocycles. The lowest BCUT2D eigenvalue weighted by Crippen LogP contribution is -2.21. The molecule has 0 bridgehead atoms. The molecule has 130 valence electrons. The van der Waals surface area contributed by atoms with E-state index in [-0.39, 0.29) is 12.5 Å². The van der Waals surface area contributed by atoms with Crippen molar-refractivity contribution in [3.63, 3.8) is 0 Å². The van der Waals surface area contributed by atoms with Crippen molar-refractivity contribution in [3.05, 3.63) is 54.1 Å². The van der Waals surface area contributed by atoms with Gasteiger partial charge in [0.25, 0.3) is 11.8 Å². The number of hydrogen-bond donors (Lipinski definition) is 2. The molecule has 0 saturated carbocycles. The summed E-state index contributed by atoms with van der Waals surface area (Å²) in [6, 6.07) is 14.5. The van der Waals surface area contributed by atoms with Gasteiger partial charge in [0.2, 0.25) is 0 Å². The summed E-state index contributed by atoms with van der Waals surface area (Å²) in [7, 11) is 0. The van der Waals surface area contributed by atoms with E-state index in [1.807, 2.05) is 24.3 Å². The molecule has 0 radical (unpaired) electrons. The zero-order valence-electron chi connectivity index (χ0n) is 13.9. The second kappa shape index (κ2) is 7.70. The van der Waals surface area contributed by atoms with Crippen molar-refractivity contribution in [2.75, 3.05) is 29.9 Å². The SMILES string of the molecule is NC(=O)COc1cccc(C(=O)Nc2ccccc2N2CCCC2)c1. The van der Waals surface area contributed by atoms with Gasteiger partial charge >= 0.3 is 0 Å². The molecule has 0 aromatic heterocycles. The molecule has 1 saturated heterocycles. The average molecular weight is 339 g/mol. The summed E-state index contributed by atoms with van der Waals surface area (Å²) in [5, 5.41) is 2.97. The first kappa shape index (κ1) is 16.8. The van der Waals surface area contributed by atoms with Crippen LogP contribution in [-0.2, 0) is 4.79 Å². The summed E-state index contributed by atoms with van der Waals surface area (Å²) < 4.78 is 5.25. The molecule has 0 aliphatic carbocycles. The number of amides is 2. The maximum Gasteiger partial charge on any atom is 0.255 e. The Morgan fingerprint density at radius 2 is 1.84 bits per heavy atom. The Kier molecular flexibility index (Phi) is 5.18. The van der Waals surface area contributed by atoms with Crippen LogP contribution < -0.4 is 20.7 Å². The van der Waals surface area contributed by atoms with E-state index in [4.69, 9.17) is 10.5 Å². The van der Waals surface area contributed by atoms with Crippen molar-refractivity contribution in [1.29, 1.82) is 0 Å². The van der Waals surface area contributed by atoms with E-state index in [0.29, 0.717) is 11.3 Å². The van der Waals surface area contributed by atoms with Crippen molar-refractivity contribution in [2.24, 2.45) is 5.73 Å². The Balaban J connectivity index is 1.74. The molecule has 2 amide bonds. The van der Waals surface area contributed by atoms with Crippen LogP contribution >= 0.6 is 0 Å². The van der Waals surface area contributed by atoms with Crippen LogP contribution in [0.4, 0.5) is 11.4 Å². The Labute approximate surface area is 146 Å². The number of benzene rings is 2. The summed E-state index contributed by atoms with van der Waals surface area (Å²) >= 11 is 0. The number of ether oxygens (including phenoxy) is 1. The van der Waals surface area contributed by atoms with Gasteiger partial charge in [-0.3, -0.25) is 9.59 Å². The Morgan fingerprint density at radius 3 is 2.60 bits per heavy atom. The lowest BCUT2D eigenvalue weighted by Gasteiger charge is -2.21. The molecule has 1 aliphatic rings. The van der Waals surface area contributed by atoms with E-state index >= 15 is 0 Å². The highest BCUT2D eigenvalue weighted by Gasteiger charge is 2.17. The van der Waals surface area contributed by atoms with Gasteiger partial charge in [0.05, 0.1) is 11.4 Å². The number of hydrogen-bond acceptors (Lipinski definition) is 4. The molecule has 0 spiro atoms.